The van der Waals surface area contributed by atoms with Crippen LogP contribution in [0, 0.1) is 0 Å². The maximum atomic E-state index is 11.9. The van der Waals surface area contributed by atoms with Gasteiger partial charge in [0.05, 0.1) is 6.42 Å². The second-order valence-electron chi connectivity index (χ2n) is 5.43. The largest absolute Gasteiger partial charge is 0.354 e. The third-order valence-corrected chi connectivity index (χ3v) is 4.05. The van der Waals surface area contributed by atoms with Gasteiger partial charge in [0.25, 0.3) is 0 Å². The minimum Gasteiger partial charge on any atom is -0.354 e. The molecular weight excluding hydrogens is 346 g/mol. The number of halogens is 1. The van der Waals surface area contributed by atoms with Crippen molar-refractivity contribution >= 4 is 27.7 Å². The van der Waals surface area contributed by atoms with Crippen LogP contribution in [0.15, 0.2) is 28.7 Å². The molecule has 0 saturated carbocycles. The van der Waals surface area contributed by atoms with Crippen LogP contribution in [0.25, 0.3) is 0 Å². The molecular formula is C16H24BrN3O2. The summed E-state index contributed by atoms with van der Waals surface area (Å²) in [7, 11) is 3.94. The lowest BCUT2D eigenvalue weighted by molar-refractivity contribution is -0.129. The molecule has 1 aromatic rings. The number of hydrogen-bond acceptors (Lipinski definition) is 3. The van der Waals surface area contributed by atoms with Crippen molar-refractivity contribution in [2.24, 2.45) is 0 Å². The molecule has 0 radical (unpaired) electrons. The summed E-state index contributed by atoms with van der Waals surface area (Å²) in [6.07, 6.45) is 0.333. The minimum absolute atomic E-state index is 0.0295. The summed E-state index contributed by atoms with van der Waals surface area (Å²) in [5, 5.41) is 2.86. The second kappa shape index (κ2) is 9.58. The van der Waals surface area contributed by atoms with Gasteiger partial charge in [-0.3, -0.25) is 9.59 Å². The van der Waals surface area contributed by atoms with Gasteiger partial charge in [-0.2, -0.15) is 0 Å². The van der Waals surface area contributed by atoms with E-state index in [-0.39, 0.29) is 11.8 Å². The predicted octanol–water partition coefficient (Wildman–Crippen LogP) is 1.52. The summed E-state index contributed by atoms with van der Waals surface area (Å²) in [6, 6.07) is 7.66. The molecule has 6 heteroatoms. The van der Waals surface area contributed by atoms with E-state index in [2.05, 4.69) is 21.2 Å². The molecule has 0 unspecified atom stereocenters. The smallest absolute Gasteiger partial charge is 0.224 e. The van der Waals surface area contributed by atoms with Crippen molar-refractivity contribution < 1.29 is 9.59 Å². The van der Waals surface area contributed by atoms with E-state index in [0.29, 0.717) is 26.1 Å². The Balaban J connectivity index is 2.36. The van der Waals surface area contributed by atoms with E-state index in [9.17, 15) is 9.59 Å². The summed E-state index contributed by atoms with van der Waals surface area (Å²) in [5.74, 6) is -0.00934. The normalized spacial score (nSPS) is 10.6. The highest BCUT2D eigenvalue weighted by Crippen LogP contribution is 2.15. The zero-order valence-corrected chi connectivity index (χ0v) is 15.0. The number of carbonyl (C=O) groups is 2. The van der Waals surface area contributed by atoms with E-state index in [1.54, 1.807) is 11.8 Å². The molecule has 122 valence electrons. The Morgan fingerprint density at radius 3 is 2.41 bits per heavy atom. The first-order chi connectivity index (χ1) is 10.4. The van der Waals surface area contributed by atoms with E-state index in [4.69, 9.17) is 0 Å². The monoisotopic (exact) mass is 369 g/mol. The van der Waals surface area contributed by atoms with Crippen molar-refractivity contribution in [2.45, 2.75) is 13.3 Å². The number of hydrogen-bond donors (Lipinski definition) is 1. The highest BCUT2D eigenvalue weighted by atomic mass is 79.9. The maximum absolute atomic E-state index is 11.9. The summed E-state index contributed by atoms with van der Waals surface area (Å²) in [6.45, 7) is 4.03. The van der Waals surface area contributed by atoms with Gasteiger partial charge in [-0.05, 0) is 25.7 Å². The van der Waals surface area contributed by atoms with Gasteiger partial charge in [0.1, 0.15) is 0 Å². The van der Waals surface area contributed by atoms with Gasteiger partial charge >= 0.3 is 0 Å². The molecule has 0 heterocycles. The molecule has 1 rings (SSSR count). The second-order valence-corrected chi connectivity index (χ2v) is 6.28. The topological polar surface area (TPSA) is 52.7 Å². The lowest BCUT2D eigenvalue weighted by atomic mass is 10.1. The summed E-state index contributed by atoms with van der Waals surface area (Å²) >= 11 is 3.43. The number of likely N-dealkylation sites (N-methyl/N-ethyl adjacent to an activating group) is 1. The first-order valence-corrected chi connectivity index (χ1v) is 8.09. The Hall–Kier alpha value is -1.40. The van der Waals surface area contributed by atoms with E-state index >= 15 is 0 Å². The van der Waals surface area contributed by atoms with Crippen molar-refractivity contribution in [2.75, 3.05) is 40.3 Å². The van der Waals surface area contributed by atoms with Gasteiger partial charge in [0.2, 0.25) is 11.8 Å². The Morgan fingerprint density at radius 1 is 1.14 bits per heavy atom. The van der Waals surface area contributed by atoms with Crippen LogP contribution in [0.3, 0.4) is 0 Å². The lowest BCUT2D eigenvalue weighted by Gasteiger charge is -2.23. The molecule has 0 aliphatic heterocycles. The van der Waals surface area contributed by atoms with Crippen LogP contribution >= 0.6 is 15.9 Å². The van der Waals surface area contributed by atoms with Crippen molar-refractivity contribution in [3.63, 3.8) is 0 Å². The Kier molecular flexibility index (Phi) is 8.12. The summed E-state index contributed by atoms with van der Waals surface area (Å²) in [4.78, 5) is 27.3. The quantitative estimate of drug-likeness (QED) is 0.755. The number of amides is 2. The fraction of sp³-hybridized carbons (Fsp3) is 0.500. The van der Waals surface area contributed by atoms with Crippen LogP contribution in [0.2, 0.25) is 0 Å². The Bertz CT molecular complexity index is 506. The van der Waals surface area contributed by atoms with E-state index in [1.807, 2.05) is 43.3 Å². The highest BCUT2D eigenvalue weighted by Gasteiger charge is 2.10. The van der Waals surface area contributed by atoms with E-state index in [0.717, 1.165) is 16.6 Å². The zero-order valence-electron chi connectivity index (χ0n) is 13.4. The lowest BCUT2D eigenvalue weighted by Crippen LogP contribution is -2.41. The number of carbonyl (C=O) groups excluding carboxylic acids is 2. The molecule has 1 aromatic carbocycles. The molecule has 1 N–H and O–H groups in total. The van der Waals surface area contributed by atoms with Crippen LogP contribution in [0.5, 0.6) is 0 Å². The average molecular weight is 370 g/mol. The Morgan fingerprint density at radius 2 is 1.82 bits per heavy atom. The van der Waals surface area contributed by atoms with Crippen LogP contribution in [0.1, 0.15) is 12.5 Å². The zero-order chi connectivity index (χ0) is 16.5. The molecule has 0 saturated heterocycles. The van der Waals surface area contributed by atoms with Gasteiger partial charge in [-0.25, -0.2) is 0 Å². The molecule has 5 nitrogen and oxygen atoms in total. The predicted molar refractivity (Wildman–Crippen MR) is 91.7 cm³/mol. The highest BCUT2D eigenvalue weighted by molar-refractivity contribution is 9.10. The molecule has 0 aliphatic rings. The third kappa shape index (κ3) is 7.04. The summed E-state index contributed by atoms with van der Waals surface area (Å²) < 4.78 is 0.932. The number of benzene rings is 1. The standard InChI is InChI=1S/C16H24BrN3O2/c1-13(21)20(11-10-19(2)3)9-8-18-16(22)12-14-6-4-5-7-15(14)17/h4-7H,8-12H2,1-3H3,(H,18,22). The van der Waals surface area contributed by atoms with Gasteiger partial charge in [-0.1, -0.05) is 34.1 Å². The number of nitrogens with zero attached hydrogens (tertiary/aromatic N) is 2. The van der Waals surface area contributed by atoms with E-state index in [1.165, 1.54) is 0 Å². The van der Waals surface area contributed by atoms with Gasteiger partial charge in [0, 0.05) is 37.6 Å². The van der Waals surface area contributed by atoms with Crippen LogP contribution in [-0.4, -0.2) is 61.9 Å². The van der Waals surface area contributed by atoms with Gasteiger partial charge < -0.3 is 15.1 Å². The molecule has 0 aliphatic carbocycles. The van der Waals surface area contributed by atoms with Crippen molar-refractivity contribution in [1.29, 1.82) is 0 Å². The van der Waals surface area contributed by atoms with Crippen molar-refractivity contribution in [3.8, 4) is 0 Å². The van der Waals surface area contributed by atoms with E-state index < -0.39 is 0 Å². The minimum atomic E-state index is -0.0389. The molecule has 0 aromatic heterocycles. The number of rotatable bonds is 8. The average Bonchev–Trinajstić information content (AvgIpc) is 2.44. The van der Waals surface area contributed by atoms with Gasteiger partial charge in [-0.15, -0.1) is 0 Å². The first-order valence-electron chi connectivity index (χ1n) is 7.30. The SMILES string of the molecule is CC(=O)N(CCNC(=O)Cc1ccccc1Br)CCN(C)C. The third-order valence-electron chi connectivity index (χ3n) is 3.28. The molecule has 22 heavy (non-hydrogen) atoms. The van der Waals surface area contributed by atoms with Crippen LogP contribution in [0.4, 0.5) is 0 Å². The molecule has 0 spiro atoms. The van der Waals surface area contributed by atoms with Gasteiger partial charge in [0.15, 0.2) is 0 Å². The maximum Gasteiger partial charge on any atom is 0.224 e. The van der Waals surface area contributed by atoms with Crippen molar-refractivity contribution in [3.05, 3.63) is 34.3 Å². The molecule has 0 atom stereocenters. The van der Waals surface area contributed by atoms with Crippen molar-refractivity contribution in [1.82, 2.24) is 15.1 Å². The molecule has 0 bridgehead atoms. The fourth-order valence-electron chi connectivity index (χ4n) is 1.95. The Labute approximate surface area is 140 Å². The van der Waals surface area contributed by atoms with Crippen LogP contribution in [-0.2, 0) is 16.0 Å². The molecule has 2 amide bonds. The number of nitrogens with one attached hydrogen (secondary N) is 1. The first kappa shape index (κ1) is 18.6. The summed E-state index contributed by atoms with van der Waals surface area (Å²) in [5.41, 5.74) is 0.955. The van der Waals surface area contributed by atoms with Crippen LogP contribution < -0.4 is 5.32 Å². The molecule has 0 fully saturated rings. The fourth-order valence-corrected chi connectivity index (χ4v) is 2.38.